The van der Waals surface area contributed by atoms with E-state index in [9.17, 15) is 4.79 Å². The minimum Gasteiger partial charge on any atom is -0.397 e. The van der Waals surface area contributed by atoms with Gasteiger partial charge in [-0.05, 0) is 25.1 Å². The molecule has 0 saturated carbocycles. The summed E-state index contributed by atoms with van der Waals surface area (Å²) in [6.45, 7) is 2.79. The lowest BCUT2D eigenvalue weighted by Gasteiger charge is -2.20. The number of terminal acetylenes is 1. The van der Waals surface area contributed by atoms with E-state index in [1.165, 1.54) is 0 Å². The lowest BCUT2D eigenvalue weighted by Crippen LogP contribution is -2.31. The van der Waals surface area contributed by atoms with Crippen molar-refractivity contribution in [3.8, 4) is 12.3 Å². The van der Waals surface area contributed by atoms with Crippen LogP contribution in [-0.4, -0.2) is 38.0 Å². The highest BCUT2D eigenvalue weighted by Crippen LogP contribution is 2.22. The number of nitrogen functional groups attached to an aromatic ring is 1. The lowest BCUT2D eigenvalue weighted by molar-refractivity contribution is 0.0785. The van der Waals surface area contributed by atoms with Crippen molar-refractivity contribution in [2.45, 2.75) is 6.92 Å². The van der Waals surface area contributed by atoms with Crippen LogP contribution in [0.25, 0.3) is 0 Å². The van der Waals surface area contributed by atoms with E-state index in [1.54, 1.807) is 17.0 Å². The Kier molecular flexibility index (Phi) is 4.61. The summed E-state index contributed by atoms with van der Waals surface area (Å²) < 4.78 is 0. The minimum atomic E-state index is -0.0903. The molecule has 2 N–H and O–H groups in total. The molecule has 1 amide bonds. The summed E-state index contributed by atoms with van der Waals surface area (Å²) in [6.07, 6.45) is 5.24. The van der Waals surface area contributed by atoms with Crippen LogP contribution in [0.3, 0.4) is 0 Å². The van der Waals surface area contributed by atoms with E-state index >= 15 is 0 Å². The maximum absolute atomic E-state index is 12.2. The van der Waals surface area contributed by atoms with Gasteiger partial charge in [0.15, 0.2) is 0 Å². The van der Waals surface area contributed by atoms with Crippen LogP contribution in [0.15, 0.2) is 18.2 Å². The minimum absolute atomic E-state index is 0.0903. The highest BCUT2D eigenvalue weighted by molar-refractivity contribution is 5.96. The van der Waals surface area contributed by atoms with Crippen molar-refractivity contribution in [3.05, 3.63) is 23.8 Å². The number of anilines is 2. The monoisotopic (exact) mass is 245 g/mol. The quantitative estimate of drug-likeness (QED) is 0.645. The van der Waals surface area contributed by atoms with Crippen molar-refractivity contribution in [1.82, 2.24) is 4.90 Å². The molecule has 96 valence electrons. The number of carbonyl (C=O) groups excluding carboxylic acids is 1. The van der Waals surface area contributed by atoms with Crippen molar-refractivity contribution in [1.29, 1.82) is 0 Å². The Morgan fingerprint density at radius 1 is 1.44 bits per heavy atom. The van der Waals surface area contributed by atoms with Crippen LogP contribution in [0, 0.1) is 12.3 Å². The first-order chi connectivity index (χ1) is 8.51. The second-order valence-corrected chi connectivity index (χ2v) is 4.19. The van der Waals surface area contributed by atoms with Gasteiger partial charge in [0.2, 0.25) is 0 Å². The fourth-order valence-electron chi connectivity index (χ4n) is 1.71. The van der Waals surface area contributed by atoms with Crippen LogP contribution >= 0.6 is 0 Å². The molecular weight excluding hydrogens is 226 g/mol. The SMILES string of the molecule is C#CCN(CC)C(=O)c1ccc(N(C)C)c(N)c1. The molecule has 0 atom stereocenters. The van der Waals surface area contributed by atoms with Crippen LogP contribution in [0.5, 0.6) is 0 Å². The van der Waals surface area contributed by atoms with Crippen LogP contribution in [-0.2, 0) is 0 Å². The maximum Gasteiger partial charge on any atom is 0.254 e. The van der Waals surface area contributed by atoms with Gasteiger partial charge in [0.05, 0.1) is 17.9 Å². The maximum atomic E-state index is 12.2. The lowest BCUT2D eigenvalue weighted by atomic mass is 10.1. The van der Waals surface area contributed by atoms with E-state index in [1.807, 2.05) is 32.0 Å². The first-order valence-corrected chi connectivity index (χ1v) is 5.80. The van der Waals surface area contributed by atoms with E-state index in [0.717, 1.165) is 5.69 Å². The largest absolute Gasteiger partial charge is 0.397 e. The van der Waals surface area contributed by atoms with Gasteiger partial charge >= 0.3 is 0 Å². The number of rotatable bonds is 4. The molecule has 4 heteroatoms. The summed E-state index contributed by atoms with van der Waals surface area (Å²) in [5.74, 6) is 2.39. The van der Waals surface area contributed by atoms with Crippen molar-refractivity contribution in [2.75, 3.05) is 37.8 Å². The summed E-state index contributed by atoms with van der Waals surface area (Å²) in [5, 5.41) is 0. The van der Waals surface area contributed by atoms with Gasteiger partial charge in [-0.3, -0.25) is 4.79 Å². The van der Waals surface area contributed by atoms with Crippen LogP contribution in [0.1, 0.15) is 17.3 Å². The topological polar surface area (TPSA) is 49.6 Å². The summed E-state index contributed by atoms with van der Waals surface area (Å²) in [4.78, 5) is 15.7. The van der Waals surface area contributed by atoms with Gasteiger partial charge in [0, 0.05) is 26.2 Å². The van der Waals surface area contributed by atoms with E-state index in [4.69, 9.17) is 12.2 Å². The second-order valence-electron chi connectivity index (χ2n) is 4.19. The zero-order chi connectivity index (χ0) is 13.7. The molecular formula is C14H19N3O. The number of hydrogen-bond donors (Lipinski definition) is 1. The Hall–Kier alpha value is -2.15. The van der Waals surface area contributed by atoms with Crippen molar-refractivity contribution in [2.24, 2.45) is 0 Å². The predicted octanol–water partition coefficient (Wildman–Crippen LogP) is 1.43. The molecule has 4 nitrogen and oxygen atoms in total. The fraction of sp³-hybridized carbons (Fsp3) is 0.357. The Morgan fingerprint density at radius 2 is 2.11 bits per heavy atom. The van der Waals surface area contributed by atoms with Gasteiger partial charge in [0.1, 0.15) is 0 Å². The number of nitrogens with zero attached hydrogens (tertiary/aromatic N) is 2. The molecule has 1 rings (SSSR count). The zero-order valence-corrected chi connectivity index (χ0v) is 11.1. The molecule has 1 aromatic rings. The van der Waals surface area contributed by atoms with Gasteiger partial charge in [-0.1, -0.05) is 5.92 Å². The normalized spacial score (nSPS) is 9.67. The third-order valence-electron chi connectivity index (χ3n) is 2.71. The number of carbonyl (C=O) groups is 1. The van der Waals surface area contributed by atoms with Crippen LogP contribution in [0.2, 0.25) is 0 Å². The van der Waals surface area contributed by atoms with Gasteiger partial charge < -0.3 is 15.5 Å². The number of benzene rings is 1. The molecule has 0 radical (unpaired) electrons. The van der Waals surface area contributed by atoms with Gasteiger partial charge in [-0.25, -0.2) is 0 Å². The third kappa shape index (κ3) is 2.95. The Bertz CT molecular complexity index is 474. The molecule has 0 spiro atoms. The molecule has 0 unspecified atom stereocenters. The van der Waals surface area contributed by atoms with Gasteiger partial charge in [-0.15, -0.1) is 6.42 Å². The molecule has 0 aliphatic heterocycles. The van der Waals surface area contributed by atoms with Crippen LogP contribution in [0.4, 0.5) is 11.4 Å². The standard InChI is InChI=1S/C14H19N3O/c1-5-9-17(6-2)14(18)11-7-8-13(16(3)4)12(15)10-11/h1,7-8,10H,6,9,15H2,2-4H3. The molecule has 0 aliphatic carbocycles. The van der Waals surface area contributed by atoms with Crippen molar-refractivity contribution in [3.63, 3.8) is 0 Å². The molecule has 0 fully saturated rings. The first kappa shape index (κ1) is 13.9. The number of amides is 1. The molecule has 0 saturated heterocycles. The molecule has 1 aromatic carbocycles. The van der Waals surface area contributed by atoms with Crippen LogP contribution < -0.4 is 10.6 Å². The number of hydrogen-bond acceptors (Lipinski definition) is 3. The highest BCUT2D eigenvalue weighted by atomic mass is 16.2. The number of nitrogens with two attached hydrogens (primary N) is 1. The van der Waals surface area contributed by atoms with Gasteiger partial charge in [0.25, 0.3) is 5.91 Å². The molecule has 0 heterocycles. The van der Waals surface area contributed by atoms with Crippen molar-refractivity contribution < 1.29 is 4.79 Å². The zero-order valence-electron chi connectivity index (χ0n) is 11.1. The summed E-state index contributed by atoms with van der Waals surface area (Å²) >= 11 is 0. The summed E-state index contributed by atoms with van der Waals surface area (Å²) in [6, 6.07) is 5.30. The summed E-state index contributed by atoms with van der Waals surface area (Å²) in [5.41, 5.74) is 7.97. The second kappa shape index (κ2) is 5.97. The molecule has 0 aliphatic rings. The summed E-state index contributed by atoms with van der Waals surface area (Å²) in [7, 11) is 3.81. The fourth-order valence-corrected chi connectivity index (χ4v) is 1.71. The van der Waals surface area contributed by atoms with Crippen molar-refractivity contribution >= 4 is 17.3 Å². The van der Waals surface area contributed by atoms with E-state index in [2.05, 4.69) is 5.92 Å². The molecule has 0 aromatic heterocycles. The van der Waals surface area contributed by atoms with E-state index in [-0.39, 0.29) is 5.91 Å². The third-order valence-corrected chi connectivity index (χ3v) is 2.71. The average molecular weight is 245 g/mol. The predicted molar refractivity (Wildman–Crippen MR) is 75.6 cm³/mol. The Morgan fingerprint density at radius 3 is 2.56 bits per heavy atom. The molecule has 18 heavy (non-hydrogen) atoms. The Balaban J connectivity index is 3.01. The average Bonchev–Trinajstić information content (AvgIpc) is 2.34. The van der Waals surface area contributed by atoms with E-state index in [0.29, 0.717) is 24.3 Å². The Labute approximate surface area is 108 Å². The smallest absolute Gasteiger partial charge is 0.254 e. The van der Waals surface area contributed by atoms with Gasteiger partial charge in [-0.2, -0.15) is 0 Å². The highest BCUT2D eigenvalue weighted by Gasteiger charge is 2.14. The molecule has 0 bridgehead atoms. The first-order valence-electron chi connectivity index (χ1n) is 5.80. The van der Waals surface area contributed by atoms with E-state index < -0.39 is 0 Å².